The number of hydrogen-bond donors (Lipinski definition) is 2. The quantitative estimate of drug-likeness (QED) is 0.483. The summed E-state index contributed by atoms with van der Waals surface area (Å²) in [6.07, 6.45) is -1.40. The summed E-state index contributed by atoms with van der Waals surface area (Å²) >= 11 is 5.28. The van der Waals surface area contributed by atoms with Gasteiger partial charge in [-0.3, -0.25) is 14.2 Å². The van der Waals surface area contributed by atoms with Crippen molar-refractivity contribution in [3.63, 3.8) is 0 Å². The Balaban J connectivity index is 1.69. The zero-order chi connectivity index (χ0) is 23.9. The van der Waals surface area contributed by atoms with Crippen LogP contribution in [0.2, 0.25) is 0 Å². The molecule has 9 heteroatoms. The molecule has 0 saturated heterocycles. The van der Waals surface area contributed by atoms with Crippen LogP contribution in [0.25, 0.3) is 16.6 Å². The fraction of sp³-hybridized carbons (Fsp3) is 0.375. The molecule has 174 valence electrons. The molecule has 1 saturated carbocycles. The van der Waals surface area contributed by atoms with Crippen molar-refractivity contribution < 1.29 is 18.0 Å². The number of nitrogens with zero attached hydrogens (tertiary/aromatic N) is 1. The lowest BCUT2D eigenvalue weighted by Gasteiger charge is -2.34. The maximum atomic E-state index is 13.1. The van der Waals surface area contributed by atoms with Crippen molar-refractivity contribution in [2.75, 3.05) is 0 Å². The molecule has 1 aromatic heterocycles. The smallest absolute Gasteiger partial charge is 0.349 e. The average molecular weight is 476 g/mol. The molecule has 3 aromatic rings. The van der Waals surface area contributed by atoms with Crippen LogP contribution in [0.1, 0.15) is 49.0 Å². The Morgan fingerprint density at radius 3 is 2.64 bits per heavy atom. The number of amides is 1. The van der Waals surface area contributed by atoms with Crippen LogP contribution in [0.5, 0.6) is 0 Å². The Morgan fingerprint density at radius 1 is 1.15 bits per heavy atom. The van der Waals surface area contributed by atoms with Crippen molar-refractivity contribution >= 4 is 29.0 Å². The van der Waals surface area contributed by atoms with E-state index in [4.69, 9.17) is 12.2 Å². The Hall–Kier alpha value is -2.94. The summed E-state index contributed by atoms with van der Waals surface area (Å²) in [5.41, 5.74) is -0.685. The number of nitrogens with one attached hydrogen (secondary N) is 2. The lowest BCUT2D eigenvalue weighted by Crippen LogP contribution is -2.43. The van der Waals surface area contributed by atoms with Gasteiger partial charge in [-0.25, -0.2) is 0 Å². The molecule has 1 aliphatic carbocycles. The fourth-order valence-electron chi connectivity index (χ4n) is 4.45. The molecule has 0 unspecified atom stereocenters. The highest BCUT2D eigenvalue weighted by Gasteiger charge is 2.31. The second-order valence-electron chi connectivity index (χ2n) is 8.73. The Labute approximate surface area is 193 Å². The second kappa shape index (κ2) is 8.78. The Kier molecular flexibility index (Phi) is 6.18. The van der Waals surface area contributed by atoms with E-state index in [1.807, 2.05) is 0 Å². The number of rotatable bonds is 3. The largest absolute Gasteiger partial charge is 0.416 e. The minimum Gasteiger partial charge on any atom is -0.349 e. The Morgan fingerprint density at radius 2 is 1.91 bits per heavy atom. The predicted molar refractivity (Wildman–Crippen MR) is 123 cm³/mol. The third kappa shape index (κ3) is 4.59. The first-order valence-electron chi connectivity index (χ1n) is 10.8. The van der Waals surface area contributed by atoms with Crippen LogP contribution in [-0.2, 0) is 6.18 Å². The summed E-state index contributed by atoms with van der Waals surface area (Å²) in [5, 5.41) is 3.32. The third-order valence-electron chi connectivity index (χ3n) is 6.61. The standard InChI is InChI=1S/C24H24F3N3O2S/c1-13-5-3-8-19(14(13)2)28-21(31)15-9-10-18-20(11-15)29-23(33)30(22(18)32)17-7-4-6-16(12-17)24(25,26)27/h4,6-7,9-14,19H,3,5,8H2,1-2H3,(H,28,31)(H,29,33)/t13-,14-,19-/m1/s1. The van der Waals surface area contributed by atoms with Gasteiger partial charge in [0.1, 0.15) is 0 Å². The van der Waals surface area contributed by atoms with Crippen molar-refractivity contribution in [3.8, 4) is 5.69 Å². The van der Waals surface area contributed by atoms with Gasteiger partial charge in [0, 0.05) is 11.6 Å². The number of aromatic nitrogens is 2. The molecule has 4 rings (SSSR count). The first-order valence-corrected chi connectivity index (χ1v) is 11.2. The van der Waals surface area contributed by atoms with Crippen molar-refractivity contribution in [2.24, 2.45) is 11.8 Å². The second-order valence-corrected chi connectivity index (χ2v) is 9.11. The Bertz CT molecular complexity index is 1330. The number of benzene rings is 2. The van der Waals surface area contributed by atoms with Crippen LogP contribution in [0, 0.1) is 16.6 Å². The van der Waals surface area contributed by atoms with Gasteiger partial charge >= 0.3 is 6.18 Å². The van der Waals surface area contributed by atoms with Gasteiger partial charge in [-0.2, -0.15) is 13.2 Å². The molecule has 1 amide bonds. The minimum atomic E-state index is -4.54. The van der Waals surface area contributed by atoms with E-state index < -0.39 is 17.3 Å². The highest BCUT2D eigenvalue weighted by atomic mass is 32.1. The highest BCUT2D eigenvalue weighted by molar-refractivity contribution is 7.71. The molecule has 2 N–H and O–H groups in total. The zero-order valence-corrected chi connectivity index (χ0v) is 19.0. The molecule has 3 atom stereocenters. The SMILES string of the molecule is C[C@@H]1[C@H](C)CCC[C@H]1NC(=O)c1ccc2c(=O)n(-c3cccc(C(F)(F)F)c3)c(=S)[nH]c2c1. The number of carbonyl (C=O) groups is 1. The van der Waals surface area contributed by atoms with Crippen LogP contribution in [0.3, 0.4) is 0 Å². The molecule has 33 heavy (non-hydrogen) atoms. The summed E-state index contributed by atoms with van der Waals surface area (Å²) in [6, 6.07) is 9.11. The lowest BCUT2D eigenvalue weighted by molar-refractivity contribution is -0.137. The van der Waals surface area contributed by atoms with Gasteiger partial charge in [-0.1, -0.05) is 32.8 Å². The van der Waals surface area contributed by atoms with Crippen LogP contribution in [0.15, 0.2) is 47.3 Å². The van der Waals surface area contributed by atoms with Crippen molar-refractivity contribution in [2.45, 2.75) is 45.3 Å². The number of hydrogen-bond acceptors (Lipinski definition) is 3. The van der Waals surface area contributed by atoms with Gasteiger partial charge in [0.15, 0.2) is 4.77 Å². The van der Waals surface area contributed by atoms with Crippen molar-refractivity contribution in [1.29, 1.82) is 0 Å². The molecular weight excluding hydrogens is 451 g/mol. The normalized spacial score (nSPS) is 21.2. The van der Waals surface area contributed by atoms with Gasteiger partial charge in [-0.15, -0.1) is 0 Å². The summed E-state index contributed by atoms with van der Waals surface area (Å²) in [4.78, 5) is 28.8. The summed E-state index contributed by atoms with van der Waals surface area (Å²) in [5.74, 6) is 0.670. The van der Waals surface area contributed by atoms with Gasteiger partial charge < -0.3 is 10.3 Å². The van der Waals surface area contributed by atoms with E-state index >= 15 is 0 Å². The maximum absolute atomic E-state index is 13.1. The molecule has 0 aliphatic heterocycles. The van der Waals surface area contributed by atoms with Gasteiger partial charge in [0.25, 0.3) is 11.5 Å². The molecular formula is C24H24F3N3O2S. The highest BCUT2D eigenvalue weighted by Crippen LogP contribution is 2.31. The number of alkyl halides is 3. The van der Waals surface area contributed by atoms with E-state index in [1.165, 1.54) is 18.2 Å². The molecule has 1 heterocycles. The van der Waals surface area contributed by atoms with Gasteiger partial charge in [-0.05, 0) is 66.9 Å². The first-order chi connectivity index (χ1) is 15.6. The molecule has 1 aliphatic rings. The van der Waals surface area contributed by atoms with E-state index in [2.05, 4.69) is 24.1 Å². The van der Waals surface area contributed by atoms with E-state index in [9.17, 15) is 22.8 Å². The molecule has 2 aromatic carbocycles. The fourth-order valence-corrected chi connectivity index (χ4v) is 4.75. The number of aromatic amines is 1. The number of fused-ring (bicyclic) bond motifs is 1. The van der Waals surface area contributed by atoms with Crippen molar-refractivity contribution in [3.05, 3.63) is 68.7 Å². The molecule has 0 bridgehead atoms. The van der Waals surface area contributed by atoms with E-state index in [1.54, 1.807) is 12.1 Å². The van der Waals surface area contributed by atoms with E-state index in [-0.39, 0.29) is 27.8 Å². The minimum absolute atomic E-state index is 0.0141. The molecule has 5 nitrogen and oxygen atoms in total. The molecule has 0 spiro atoms. The van der Waals surface area contributed by atoms with E-state index in [0.29, 0.717) is 22.9 Å². The maximum Gasteiger partial charge on any atom is 0.416 e. The van der Waals surface area contributed by atoms with E-state index in [0.717, 1.165) is 36.0 Å². The lowest BCUT2D eigenvalue weighted by atomic mass is 9.78. The predicted octanol–water partition coefficient (Wildman–Crippen LogP) is 5.62. The summed E-state index contributed by atoms with van der Waals surface area (Å²) < 4.78 is 40.3. The summed E-state index contributed by atoms with van der Waals surface area (Å²) in [6.45, 7) is 4.33. The number of carbonyl (C=O) groups excluding carboxylic acids is 1. The molecule has 1 fully saturated rings. The van der Waals surface area contributed by atoms with Gasteiger partial charge in [0.2, 0.25) is 0 Å². The topological polar surface area (TPSA) is 66.9 Å². The number of H-pyrrole nitrogens is 1. The first kappa shape index (κ1) is 23.2. The van der Waals surface area contributed by atoms with Crippen LogP contribution >= 0.6 is 12.2 Å². The average Bonchev–Trinajstić information content (AvgIpc) is 2.76. The number of halogens is 3. The van der Waals surface area contributed by atoms with Crippen LogP contribution < -0.4 is 10.9 Å². The van der Waals surface area contributed by atoms with Crippen LogP contribution in [0.4, 0.5) is 13.2 Å². The summed E-state index contributed by atoms with van der Waals surface area (Å²) in [7, 11) is 0. The zero-order valence-electron chi connectivity index (χ0n) is 18.2. The molecule has 0 radical (unpaired) electrons. The van der Waals surface area contributed by atoms with Gasteiger partial charge in [0.05, 0.1) is 22.2 Å². The monoisotopic (exact) mass is 475 g/mol. The third-order valence-corrected chi connectivity index (χ3v) is 6.90. The van der Waals surface area contributed by atoms with Crippen molar-refractivity contribution in [1.82, 2.24) is 14.9 Å². The van der Waals surface area contributed by atoms with Crippen LogP contribution in [-0.4, -0.2) is 21.5 Å².